The smallest absolute Gasteiger partial charge is 0.224 e. The van der Waals surface area contributed by atoms with Crippen molar-refractivity contribution in [2.45, 2.75) is 97.2 Å². The van der Waals surface area contributed by atoms with Gasteiger partial charge in [0.2, 0.25) is 23.6 Å². The summed E-state index contributed by atoms with van der Waals surface area (Å²) in [5.41, 5.74) is 11.8. The van der Waals surface area contributed by atoms with Crippen LogP contribution in [-0.4, -0.2) is 77.4 Å². The molecule has 1 unspecified atom stereocenters. The van der Waals surface area contributed by atoms with Gasteiger partial charge in [-0.25, -0.2) is 0 Å². The van der Waals surface area contributed by atoms with E-state index in [1.807, 2.05) is 6.07 Å². The molecule has 256 valence electrons. The number of hydrogen-bond donors (Lipinski definition) is 6. The van der Waals surface area contributed by atoms with Gasteiger partial charge in [0.05, 0.1) is 31.2 Å². The lowest BCUT2D eigenvalue weighted by molar-refractivity contribution is -0.136. The molecule has 0 saturated carbocycles. The second kappa shape index (κ2) is 20.9. The van der Waals surface area contributed by atoms with E-state index in [0.29, 0.717) is 19.4 Å². The molecule has 0 saturated heterocycles. The molecule has 0 aliphatic heterocycles. The molecule has 0 aliphatic carbocycles. The Morgan fingerprint density at radius 3 is 1.98 bits per heavy atom. The number of nitrogens with one attached hydrogen (secondary N) is 3. The third-order valence-electron chi connectivity index (χ3n) is 7.64. The normalized spacial score (nSPS) is 14.3. The first-order chi connectivity index (χ1) is 21.7. The van der Waals surface area contributed by atoms with Gasteiger partial charge >= 0.3 is 0 Å². The minimum absolute atomic E-state index is 0.165. The molecule has 4 amide bonds. The lowest BCUT2D eigenvalue weighted by Crippen LogP contribution is -2.49. The highest BCUT2D eigenvalue weighted by Crippen LogP contribution is 2.18. The summed E-state index contributed by atoms with van der Waals surface area (Å²) in [7, 11) is 0. The van der Waals surface area contributed by atoms with Gasteiger partial charge in [0.15, 0.2) is 17.3 Å². The van der Waals surface area contributed by atoms with Gasteiger partial charge < -0.3 is 32.5 Å². The first kappa shape index (κ1) is 40.1. The van der Waals surface area contributed by atoms with Crippen molar-refractivity contribution in [1.82, 2.24) is 16.0 Å². The molecule has 0 spiro atoms. The van der Waals surface area contributed by atoms with E-state index in [0.717, 1.165) is 5.56 Å². The lowest BCUT2D eigenvalue weighted by atomic mass is 9.89. The highest BCUT2D eigenvalue weighted by molar-refractivity contribution is 5.97. The number of aliphatic hydroxyl groups is 1. The van der Waals surface area contributed by atoms with Gasteiger partial charge in [-0.15, -0.1) is 0 Å². The number of ketones is 3. The molecule has 46 heavy (non-hydrogen) atoms. The maximum absolute atomic E-state index is 13.6. The number of amides is 4. The summed E-state index contributed by atoms with van der Waals surface area (Å²) in [5.74, 6) is -5.76. The zero-order valence-corrected chi connectivity index (χ0v) is 27.4. The van der Waals surface area contributed by atoms with E-state index in [4.69, 9.17) is 16.6 Å². The fourth-order valence-electron chi connectivity index (χ4n) is 5.02. The molecular weight excluding hydrogens is 594 g/mol. The van der Waals surface area contributed by atoms with E-state index in [1.165, 1.54) is 13.8 Å². The predicted molar refractivity (Wildman–Crippen MR) is 172 cm³/mol. The van der Waals surface area contributed by atoms with E-state index >= 15 is 0 Å². The summed E-state index contributed by atoms with van der Waals surface area (Å²) in [5, 5.41) is 17.0. The molecule has 0 heterocycles. The molecule has 13 nitrogen and oxygen atoms in total. The van der Waals surface area contributed by atoms with Crippen molar-refractivity contribution in [3.8, 4) is 0 Å². The number of carbonyl (C=O) groups is 7. The number of benzene rings is 1. The predicted octanol–water partition coefficient (Wildman–Crippen LogP) is 0.486. The molecule has 0 radical (unpaired) electrons. The molecule has 0 bridgehead atoms. The summed E-state index contributed by atoms with van der Waals surface area (Å²) in [6, 6.07) is 5.96. The maximum atomic E-state index is 13.6. The fraction of sp³-hybridized carbons (Fsp3) is 0.606. The largest absolute Gasteiger partial charge is 0.396 e. The van der Waals surface area contributed by atoms with Gasteiger partial charge in [-0.2, -0.15) is 0 Å². The Hall–Kier alpha value is -3.97. The summed E-state index contributed by atoms with van der Waals surface area (Å²) >= 11 is 0. The van der Waals surface area contributed by atoms with E-state index in [1.54, 1.807) is 38.1 Å². The summed E-state index contributed by atoms with van der Waals surface area (Å²) in [6.45, 7) is 6.39. The van der Waals surface area contributed by atoms with Gasteiger partial charge in [-0.05, 0) is 44.2 Å². The lowest BCUT2D eigenvalue weighted by Gasteiger charge is -2.25. The summed E-state index contributed by atoms with van der Waals surface area (Å²) in [4.78, 5) is 89.2. The molecule has 0 aliphatic rings. The van der Waals surface area contributed by atoms with Gasteiger partial charge in [-0.3, -0.25) is 33.6 Å². The average Bonchev–Trinajstić information content (AvgIpc) is 2.98. The summed E-state index contributed by atoms with van der Waals surface area (Å²) in [6.07, 6.45) is 0.170. The molecule has 0 aromatic heterocycles. The first-order valence-electron chi connectivity index (χ1n) is 15.8. The van der Waals surface area contributed by atoms with Crippen LogP contribution < -0.4 is 27.4 Å². The Labute approximate surface area is 271 Å². The summed E-state index contributed by atoms with van der Waals surface area (Å²) < 4.78 is 0. The Morgan fingerprint density at radius 1 is 0.804 bits per heavy atom. The average molecular weight is 646 g/mol. The van der Waals surface area contributed by atoms with Crippen LogP contribution in [0.2, 0.25) is 0 Å². The van der Waals surface area contributed by atoms with Crippen LogP contribution in [0.5, 0.6) is 0 Å². The number of rotatable bonds is 23. The van der Waals surface area contributed by atoms with Crippen molar-refractivity contribution in [3.05, 3.63) is 35.9 Å². The number of unbranched alkanes of at least 4 members (excludes halogenated alkanes) is 1. The number of aliphatic hydroxyl groups excluding tert-OH is 1. The maximum Gasteiger partial charge on any atom is 0.224 e. The van der Waals surface area contributed by atoms with Crippen LogP contribution in [0.25, 0.3) is 0 Å². The standard InChI is InChI=1S/C33H51N5O8/c1-20(2)31(22(4)40)38-32(45)21(3)16-27(41)26(19-29(35)43)37-33(46)24(12-8-9-14-34)18-28(42)25(36-30(44)13-15-39)17-23-10-6-5-7-11-23/h5-7,10-11,20-21,24-26,31,39H,8-9,12-19,34H2,1-4H3,(H2,35,43)(H,36,44)(H,37,46)(H,38,45)/t21?,24-,25+,26+,31+/m1/s1. The van der Waals surface area contributed by atoms with Crippen molar-refractivity contribution in [2.75, 3.05) is 13.2 Å². The van der Waals surface area contributed by atoms with Crippen molar-refractivity contribution < 1.29 is 38.7 Å². The van der Waals surface area contributed by atoms with Gasteiger partial charge in [0.25, 0.3) is 0 Å². The van der Waals surface area contributed by atoms with E-state index in [2.05, 4.69) is 16.0 Å². The van der Waals surface area contributed by atoms with Crippen LogP contribution in [-0.2, 0) is 40.0 Å². The van der Waals surface area contributed by atoms with Gasteiger partial charge in [-0.1, -0.05) is 57.5 Å². The van der Waals surface area contributed by atoms with Crippen LogP contribution in [0.15, 0.2) is 30.3 Å². The Kier molecular flexibility index (Phi) is 18.2. The molecule has 5 atom stereocenters. The Balaban J connectivity index is 3.14. The van der Waals surface area contributed by atoms with Crippen LogP contribution in [0, 0.1) is 17.8 Å². The van der Waals surface area contributed by atoms with Crippen LogP contribution in [0.4, 0.5) is 0 Å². The van der Waals surface area contributed by atoms with Gasteiger partial charge in [0.1, 0.15) is 0 Å². The highest BCUT2D eigenvalue weighted by Gasteiger charge is 2.32. The quantitative estimate of drug-likeness (QED) is 0.0909. The number of hydrogen-bond acceptors (Lipinski definition) is 9. The number of carbonyl (C=O) groups excluding carboxylic acids is 7. The minimum Gasteiger partial charge on any atom is -0.396 e. The second-order valence-corrected chi connectivity index (χ2v) is 12.1. The third kappa shape index (κ3) is 14.9. The number of primary amides is 1. The van der Waals surface area contributed by atoms with Crippen molar-refractivity contribution in [1.29, 1.82) is 0 Å². The molecule has 1 rings (SSSR count). The van der Waals surface area contributed by atoms with Crippen LogP contribution in [0.3, 0.4) is 0 Å². The van der Waals surface area contributed by atoms with E-state index in [-0.39, 0.29) is 43.8 Å². The van der Waals surface area contributed by atoms with Crippen molar-refractivity contribution in [2.24, 2.45) is 29.2 Å². The number of Topliss-reactive ketones (excluding diaryl/α,β-unsaturated/α-hetero) is 3. The van der Waals surface area contributed by atoms with E-state index in [9.17, 15) is 33.6 Å². The zero-order valence-electron chi connectivity index (χ0n) is 27.4. The molecule has 13 heteroatoms. The van der Waals surface area contributed by atoms with Crippen molar-refractivity contribution >= 4 is 41.0 Å². The molecule has 1 aromatic carbocycles. The van der Waals surface area contributed by atoms with Crippen LogP contribution >= 0.6 is 0 Å². The fourth-order valence-corrected chi connectivity index (χ4v) is 5.02. The highest BCUT2D eigenvalue weighted by atomic mass is 16.3. The molecular formula is C33H51N5O8. The third-order valence-corrected chi connectivity index (χ3v) is 7.64. The SMILES string of the molecule is CC(=O)[C@@H](NC(=O)C(C)CC(=O)[C@H](CC(N)=O)NC(=O)[C@H](CCCCN)CC(=O)[C@H](Cc1ccccc1)NC(=O)CCO)C(C)C. The Bertz CT molecular complexity index is 1190. The first-order valence-corrected chi connectivity index (χ1v) is 15.8. The topological polar surface area (TPSA) is 228 Å². The number of nitrogens with two attached hydrogens (primary N) is 2. The monoisotopic (exact) mass is 645 g/mol. The van der Waals surface area contributed by atoms with Gasteiger partial charge in [0, 0.05) is 31.1 Å². The molecule has 0 fully saturated rings. The molecule has 8 N–H and O–H groups in total. The van der Waals surface area contributed by atoms with Crippen LogP contribution in [0.1, 0.15) is 78.2 Å². The Morgan fingerprint density at radius 2 is 1.43 bits per heavy atom. The van der Waals surface area contributed by atoms with Crippen molar-refractivity contribution in [3.63, 3.8) is 0 Å². The van der Waals surface area contributed by atoms with E-state index < -0.39 is 78.2 Å². The minimum atomic E-state index is -1.34. The zero-order chi connectivity index (χ0) is 34.8. The second-order valence-electron chi connectivity index (χ2n) is 12.1. The molecule has 1 aromatic rings.